The van der Waals surface area contributed by atoms with Crippen LogP contribution in [0.2, 0.25) is 0 Å². The largest absolute Gasteiger partial charge is 0.496 e. The fourth-order valence-electron chi connectivity index (χ4n) is 2.59. The predicted molar refractivity (Wildman–Crippen MR) is 82.8 cm³/mol. The molecule has 1 heterocycles. The minimum absolute atomic E-state index is 0.0718. The Morgan fingerprint density at radius 1 is 1.45 bits per heavy atom. The van der Waals surface area contributed by atoms with Crippen LogP contribution in [0.5, 0.6) is 5.75 Å². The molecule has 1 N–H and O–H groups in total. The highest BCUT2D eigenvalue weighted by atomic mass is 79.9. The molecule has 1 fully saturated rings. The number of amides is 1. The number of hydrogen-bond acceptors (Lipinski definition) is 3. The zero-order valence-electron chi connectivity index (χ0n) is 12.0. The van der Waals surface area contributed by atoms with Crippen molar-refractivity contribution in [2.45, 2.75) is 32.4 Å². The highest BCUT2D eigenvalue weighted by Crippen LogP contribution is 2.26. The molecule has 1 saturated heterocycles. The number of halogens is 1. The van der Waals surface area contributed by atoms with E-state index in [1.807, 2.05) is 6.07 Å². The molecule has 1 aromatic rings. The van der Waals surface area contributed by atoms with Crippen molar-refractivity contribution in [1.82, 2.24) is 10.2 Å². The quantitative estimate of drug-likeness (QED) is 0.915. The van der Waals surface area contributed by atoms with Crippen LogP contribution in [-0.4, -0.2) is 37.0 Å². The molecule has 0 saturated carbocycles. The van der Waals surface area contributed by atoms with Gasteiger partial charge in [-0.15, -0.1) is 0 Å². The van der Waals surface area contributed by atoms with E-state index < -0.39 is 0 Å². The van der Waals surface area contributed by atoms with Crippen molar-refractivity contribution < 1.29 is 9.53 Å². The molecule has 0 radical (unpaired) electrons. The maximum Gasteiger partial charge on any atom is 0.217 e. The van der Waals surface area contributed by atoms with E-state index in [1.165, 1.54) is 5.56 Å². The van der Waals surface area contributed by atoms with Crippen LogP contribution in [0.3, 0.4) is 0 Å². The topological polar surface area (TPSA) is 41.6 Å². The summed E-state index contributed by atoms with van der Waals surface area (Å²) in [5.74, 6) is 0.931. The van der Waals surface area contributed by atoms with E-state index in [4.69, 9.17) is 4.74 Å². The fourth-order valence-corrected chi connectivity index (χ4v) is 3.18. The van der Waals surface area contributed by atoms with Gasteiger partial charge in [-0.2, -0.15) is 0 Å². The molecule has 0 aliphatic carbocycles. The highest BCUT2D eigenvalue weighted by Gasteiger charge is 2.19. The zero-order chi connectivity index (χ0) is 14.5. The third kappa shape index (κ3) is 4.21. The lowest BCUT2D eigenvalue weighted by Gasteiger charge is -2.32. The summed E-state index contributed by atoms with van der Waals surface area (Å²) in [5, 5.41) is 3.00. The molecule has 4 nitrogen and oxygen atoms in total. The number of hydrogen-bond donors (Lipinski definition) is 1. The zero-order valence-corrected chi connectivity index (χ0v) is 13.6. The Morgan fingerprint density at radius 3 is 2.70 bits per heavy atom. The number of ether oxygens (including phenoxy) is 1. The van der Waals surface area contributed by atoms with Gasteiger partial charge >= 0.3 is 0 Å². The van der Waals surface area contributed by atoms with Crippen molar-refractivity contribution in [2.75, 3.05) is 20.2 Å². The molecular weight excluding hydrogens is 320 g/mol. The molecule has 1 aliphatic rings. The first-order valence-electron chi connectivity index (χ1n) is 6.90. The Morgan fingerprint density at radius 2 is 2.15 bits per heavy atom. The SMILES string of the molecule is COc1ccc(CN2CCC(NC(C)=O)CC2)cc1Br. The lowest BCUT2D eigenvalue weighted by molar-refractivity contribution is -0.119. The van der Waals surface area contributed by atoms with Gasteiger partial charge in [-0.05, 0) is 46.5 Å². The summed E-state index contributed by atoms with van der Waals surface area (Å²) in [5.41, 5.74) is 1.27. The van der Waals surface area contributed by atoms with Crippen molar-refractivity contribution in [1.29, 1.82) is 0 Å². The van der Waals surface area contributed by atoms with E-state index in [-0.39, 0.29) is 5.91 Å². The molecule has 2 rings (SSSR count). The average Bonchev–Trinajstić information content (AvgIpc) is 2.41. The number of benzene rings is 1. The van der Waals surface area contributed by atoms with E-state index in [0.29, 0.717) is 6.04 Å². The molecule has 5 heteroatoms. The molecule has 0 aromatic heterocycles. The summed E-state index contributed by atoms with van der Waals surface area (Å²) in [6, 6.07) is 6.54. The molecular formula is C15H21BrN2O2. The monoisotopic (exact) mass is 340 g/mol. The van der Waals surface area contributed by atoms with Crippen LogP contribution in [0.4, 0.5) is 0 Å². The maximum absolute atomic E-state index is 11.0. The van der Waals surface area contributed by atoms with Crippen LogP contribution in [0, 0.1) is 0 Å². The standard InChI is InChI=1S/C15H21BrN2O2/c1-11(19)17-13-5-7-18(8-6-13)10-12-3-4-15(20-2)14(16)9-12/h3-4,9,13H,5-8,10H2,1-2H3,(H,17,19). The summed E-state index contributed by atoms with van der Waals surface area (Å²) < 4.78 is 6.23. The lowest BCUT2D eigenvalue weighted by atomic mass is 10.0. The molecule has 110 valence electrons. The average molecular weight is 341 g/mol. The van der Waals surface area contributed by atoms with Gasteiger partial charge in [-0.3, -0.25) is 9.69 Å². The Balaban J connectivity index is 1.86. The van der Waals surface area contributed by atoms with Gasteiger partial charge in [0.25, 0.3) is 0 Å². The number of nitrogens with one attached hydrogen (secondary N) is 1. The number of carbonyl (C=O) groups is 1. The first kappa shape index (κ1) is 15.3. The van der Waals surface area contributed by atoms with Gasteiger partial charge in [0.1, 0.15) is 5.75 Å². The van der Waals surface area contributed by atoms with Gasteiger partial charge in [-0.25, -0.2) is 0 Å². The summed E-state index contributed by atoms with van der Waals surface area (Å²) in [6.45, 7) is 4.57. The molecule has 0 atom stereocenters. The van der Waals surface area contributed by atoms with Gasteiger partial charge in [-0.1, -0.05) is 6.07 Å². The summed E-state index contributed by atoms with van der Waals surface area (Å²) >= 11 is 3.52. The van der Waals surface area contributed by atoms with E-state index >= 15 is 0 Å². The highest BCUT2D eigenvalue weighted by molar-refractivity contribution is 9.10. The van der Waals surface area contributed by atoms with Crippen molar-refractivity contribution in [3.63, 3.8) is 0 Å². The molecule has 0 unspecified atom stereocenters. The lowest BCUT2D eigenvalue weighted by Crippen LogP contribution is -2.43. The number of nitrogens with zero attached hydrogens (tertiary/aromatic N) is 1. The molecule has 1 amide bonds. The number of rotatable bonds is 4. The van der Waals surface area contributed by atoms with Gasteiger partial charge in [0.15, 0.2) is 0 Å². The van der Waals surface area contributed by atoms with E-state index in [1.54, 1.807) is 14.0 Å². The van der Waals surface area contributed by atoms with Crippen LogP contribution in [0.15, 0.2) is 22.7 Å². The van der Waals surface area contributed by atoms with Gasteiger partial charge in [0.2, 0.25) is 5.91 Å². The Bertz CT molecular complexity index is 471. The molecule has 1 aromatic carbocycles. The van der Waals surface area contributed by atoms with Gasteiger partial charge in [0, 0.05) is 32.6 Å². The minimum Gasteiger partial charge on any atom is -0.496 e. The van der Waals surface area contributed by atoms with Crippen molar-refractivity contribution >= 4 is 21.8 Å². The normalized spacial score (nSPS) is 16.9. The van der Waals surface area contributed by atoms with E-state index in [0.717, 1.165) is 42.7 Å². The number of carbonyl (C=O) groups excluding carboxylic acids is 1. The Labute approximate surface area is 128 Å². The molecule has 0 spiro atoms. The second-order valence-electron chi connectivity index (χ2n) is 5.22. The summed E-state index contributed by atoms with van der Waals surface area (Å²) in [7, 11) is 1.67. The first-order valence-corrected chi connectivity index (χ1v) is 7.69. The van der Waals surface area contributed by atoms with Gasteiger partial charge < -0.3 is 10.1 Å². The predicted octanol–water partition coefficient (Wildman–Crippen LogP) is 2.56. The van der Waals surface area contributed by atoms with E-state index in [9.17, 15) is 4.79 Å². The fraction of sp³-hybridized carbons (Fsp3) is 0.533. The summed E-state index contributed by atoms with van der Waals surface area (Å²) in [6.07, 6.45) is 2.05. The molecule has 1 aliphatic heterocycles. The number of piperidine rings is 1. The molecule has 0 bridgehead atoms. The third-order valence-electron chi connectivity index (χ3n) is 3.62. The maximum atomic E-state index is 11.0. The summed E-state index contributed by atoms with van der Waals surface area (Å²) in [4.78, 5) is 13.5. The molecule has 20 heavy (non-hydrogen) atoms. The Hall–Kier alpha value is -1.07. The Kier molecular flexibility index (Phi) is 5.43. The van der Waals surface area contributed by atoms with Crippen molar-refractivity contribution in [3.05, 3.63) is 28.2 Å². The third-order valence-corrected chi connectivity index (χ3v) is 4.24. The van der Waals surface area contributed by atoms with Crippen LogP contribution < -0.4 is 10.1 Å². The van der Waals surface area contributed by atoms with Crippen molar-refractivity contribution in [3.8, 4) is 5.75 Å². The number of methoxy groups -OCH3 is 1. The van der Waals surface area contributed by atoms with Crippen LogP contribution in [0.25, 0.3) is 0 Å². The number of likely N-dealkylation sites (tertiary alicyclic amines) is 1. The van der Waals surface area contributed by atoms with Gasteiger partial charge in [0.05, 0.1) is 11.6 Å². The van der Waals surface area contributed by atoms with Crippen LogP contribution in [0.1, 0.15) is 25.3 Å². The first-order chi connectivity index (χ1) is 9.58. The van der Waals surface area contributed by atoms with Crippen LogP contribution in [-0.2, 0) is 11.3 Å². The second-order valence-corrected chi connectivity index (χ2v) is 6.07. The smallest absolute Gasteiger partial charge is 0.217 e. The minimum atomic E-state index is 0.0718. The van der Waals surface area contributed by atoms with Crippen LogP contribution >= 0.6 is 15.9 Å². The van der Waals surface area contributed by atoms with E-state index in [2.05, 4.69) is 38.3 Å². The van der Waals surface area contributed by atoms with Crippen molar-refractivity contribution in [2.24, 2.45) is 0 Å². The second kappa shape index (κ2) is 7.09.